The van der Waals surface area contributed by atoms with Gasteiger partial charge < -0.3 is 10.8 Å². The van der Waals surface area contributed by atoms with Crippen molar-refractivity contribution in [3.8, 4) is 5.75 Å². The molecule has 0 amide bonds. The Kier molecular flexibility index (Phi) is 4.53. The standard InChI is InChI=1S/C17H19NO2/c1-12(17(18)14-7-3-2-4-8-14)16(20)11-13-6-5-9-15(19)10-13/h2-10,12,17,19H,11,18H2,1H3. The van der Waals surface area contributed by atoms with E-state index >= 15 is 0 Å². The first-order chi connectivity index (χ1) is 9.58. The lowest BCUT2D eigenvalue weighted by Crippen LogP contribution is -2.27. The fourth-order valence-electron chi connectivity index (χ4n) is 2.19. The fraction of sp³-hybridized carbons (Fsp3) is 0.235. The maximum Gasteiger partial charge on any atom is 0.141 e. The van der Waals surface area contributed by atoms with Gasteiger partial charge in [-0.15, -0.1) is 0 Å². The number of rotatable bonds is 5. The summed E-state index contributed by atoms with van der Waals surface area (Å²) in [5, 5.41) is 9.42. The molecule has 2 aromatic rings. The average Bonchev–Trinajstić information content (AvgIpc) is 2.46. The van der Waals surface area contributed by atoms with Gasteiger partial charge in [-0.1, -0.05) is 49.4 Å². The van der Waals surface area contributed by atoms with Crippen LogP contribution in [-0.2, 0) is 11.2 Å². The number of nitrogens with two attached hydrogens (primary N) is 1. The second kappa shape index (κ2) is 6.35. The van der Waals surface area contributed by atoms with Gasteiger partial charge in [-0.05, 0) is 23.3 Å². The van der Waals surface area contributed by atoms with Crippen LogP contribution in [0.15, 0.2) is 54.6 Å². The molecule has 0 saturated carbocycles. The third-order valence-electron chi connectivity index (χ3n) is 3.52. The second-order valence-electron chi connectivity index (χ2n) is 5.04. The van der Waals surface area contributed by atoms with Crippen LogP contribution < -0.4 is 5.73 Å². The highest BCUT2D eigenvalue weighted by Gasteiger charge is 2.22. The Morgan fingerprint density at radius 1 is 1.15 bits per heavy atom. The van der Waals surface area contributed by atoms with Crippen LogP contribution in [0.2, 0.25) is 0 Å². The lowest BCUT2D eigenvalue weighted by Gasteiger charge is -2.19. The average molecular weight is 269 g/mol. The molecule has 20 heavy (non-hydrogen) atoms. The number of hydrogen-bond donors (Lipinski definition) is 2. The summed E-state index contributed by atoms with van der Waals surface area (Å²) in [5.41, 5.74) is 7.92. The van der Waals surface area contributed by atoms with E-state index in [0.717, 1.165) is 11.1 Å². The lowest BCUT2D eigenvalue weighted by molar-refractivity contribution is -0.122. The van der Waals surface area contributed by atoms with Crippen molar-refractivity contribution in [1.29, 1.82) is 0 Å². The van der Waals surface area contributed by atoms with E-state index in [4.69, 9.17) is 5.73 Å². The third-order valence-corrected chi connectivity index (χ3v) is 3.52. The quantitative estimate of drug-likeness (QED) is 0.877. The van der Waals surface area contributed by atoms with Gasteiger partial charge in [-0.2, -0.15) is 0 Å². The summed E-state index contributed by atoms with van der Waals surface area (Å²) in [6.07, 6.45) is 0.288. The molecule has 3 nitrogen and oxygen atoms in total. The number of ketones is 1. The minimum atomic E-state index is -0.305. The number of carbonyl (C=O) groups is 1. The van der Waals surface area contributed by atoms with Gasteiger partial charge in [0.15, 0.2) is 0 Å². The summed E-state index contributed by atoms with van der Waals surface area (Å²) in [6, 6.07) is 16.1. The molecule has 0 aliphatic carbocycles. The Balaban J connectivity index is 2.05. The van der Waals surface area contributed by atoms with Gasteiger partial charge >= 0.3 is 0 Å². The van der Waals surface area contributed by atoms with Crippen molar-refractivity contribution in [2.45, 2.75) is 19.4 Å². The molecule has 2 rings (SSSR count). The van der Waals surface area contributed by atoms with Crippen LogP contribution in [0.5, 0.6) is 5.75 Å². The number of phenolic OH excluding ortho intramolecular Hbond substituents is 1. The lowest BCUT2D eigenvalue weighted by atomic mass is 9.89. The first-order valence-electron chi connectivity index (χ1n) is 6.69. The molecule has 2 atom stereocenters. The molecule has 0 fully saturated rings. The van der Waals surface area contributed by atoms with Gasteiger partial charge in [0.05, 0.1) is 0 Å². The number of hydrogen-bond acceptors (Lipinski definition) is 3. The second-order valence-corrected chi connectivity index (χ2v) is 5.04. The maximum atomic E-state index is 12.3. The molecule has 3 N–H and O–H groups in total. The molecule has 104 valence electrons. The minimum absolute atomic E-state index is 0.0759. The van der Waals surface area contributed by atoms with Crippen LogP contribution in [-0.4, -0.2) is 10.9 Å². The zero-order chi connectivity index (χ0) is 14.5. The SMILES string of the molecule is CC(C(=O)Cc1cccc(O)c1)C(N)c1ccccc1. The molecule has 0 aromatic heterocycles. The Labute approximate surface area is 119 Å². The van der Waals surface area contributed by atoms with Crippen LogP contribution in [0, 0.1) is 5.92 Å². The smallest absolute Gasteiger partial charge is 0.141 e. The van der Waals surface area contributed by atoms with Gasteiger partial charge in [0.25, 0.3) is 0 Å². The Morgan fingerprint density at radius 3 is 2.50 bits per heavy atom. The number of Topliss-reactive ketones (excluding diaryl/α,β-unsaturated/α-hetero) is 1. The molecule has 2 unspecified atom stereocenters. The van der Waals surface area contributed by atoms with Gasteiger partial charge in [0.1, 0.15) is 11.5 Å². The largest absolute Gasteiger partial charge is 0.508 e. The van der Waals surface area contributed by atoms with E-state index in [9.17, 15) is 9.90 Å². The Hall–Kier alpha value is -2.13. The van der Waals surface area contributed by atoms with E-state index in [2.05, 4.69) is 0 Å². The molecule has 0 radical (unpaired) electrons. The first-order valence-corrected chi connectivity index (χ1v) is 6.69. The summed E-state index contributed by atoms with van der Waals surface area (Å²) in [5.74, 6) is -0.0120. The van der Waals surface area contributed by atoms with Gasteiger partial charge in [-0.25, -0.2) is 0 Å². The summed E-state index contributed by atoms with van der Waals surface area (Å²) in [6.45, 7) is 1.85. The highest BCUT2D eigenvalue weighted by atomic mass is 16.3. The number of aromatic hydroxyl groups is 1. The Morgan fingerprint density at radius 2 is 1.85 bits per heavy atom. The number of phenols is 1. The van der Waals surface area contributed by atoms with Gasteiger partial charge in [-0.3, -0.25) is 4.79 Å². The highest BCUT2D eigenvalue weighted by Crippen LogP contribution is 2.22. The van der Waals surface area contributed by atoms with E-state index in [0.29, 0.717) is 0 Å². The van der Waals surface area contributed by atoms with E-state index in [1.165, 1.54) is 0 Å². The molecule has 3 heteroatoms. The van der Waals surface area contributed by atoms with E-state index in [-0.39, 0.29) is 29.9 Å². The molecular formula is C17H19NO2. The summed E-state index contributed by atoms with van der Waals surface area (Å²) in [4.78, 5) is 12.3. The summed E-state index contributed by atoms with van der Waals surface area (Å²) >= 11 is 0. The van der Waals surface area contributed by atoms with Crippen molar-refractivity contribution in [2.75, 3.05) is 0 Å². The fourth-order valence-corrected chi connectivity index (χ4v) is 2.19. The van der Waals surface area contributed by atoms with Crippen molar-refractivity contribution < 1.29 is 9.90 Å². The molecule has 2 aromatic carbocycles. The van der Waals surface area contributed by atoms with Gasteiger partial charge in [0, 0.05) is 18.4 Å². The number of carbonyl (C=O) groups excluding carboxylic acids is 1. The molecule has 0 heterocycles. The zero-order valence-corrected chi connectivity index (χ0v) is 11.5. The normalized spacial score (nSPS) is 13.7. The monoisotopic (exact) mass is 269 g/mol. The summed E-state index contributed by atoms with van der Waals surface area (Å²) in [7, 11) is 0. The van der Waals surface area contributed by atoms with Crippen molar-refractivity contribution in [2.24, 2.45) is 11.7 Å². The molecular weight excluding hydrogens is 250 g/mol. The Bertz CT molecular complexity index is 581. The van der Waals surface area contributed by atoms with Crippen LogP contribution in [0.4, 0.5) is 0 Å². The zero-order valence-electron chi connectivity index (χ0n) is 11.5. The molecule has 0 aliphatic heterocycles. The van der Waals surface area contributed by atoms with Crippen molar-refractivity contribution in [1.82, 2.24) is 0 Å². The summed E-state index contributed by atoms with van der Waals surface area (Å²) < 4.78 is 0. The number of benzene rings is 2. The topological polar surface area (TPSA) is 63.3 Å². The molecule has 0 saturated heterocycles. The molecule has 0 spiro atoms. The predicted octanol–water partition coefficient (Wildman–Crippen LogP) is 2.84. The highest BCUT2D eigenvalue weighted by molar-refractivity contribution is 5.83. The van der Waals surface area contributed by atoms with Crippen LogP contribution in [0.1, 0.15) is 24.1 Å². The van der Waals surface area contributed by atoms with Gasteiger partial charge in [0.2, 0.25) is 0 Å². The van der Waals surface area contributed by atoms with E-state index in [1.807, 2.05) is 43.3 Å². The predicted molar refractivity (Wildman–Crippen MR) is 79.4 cm³/mol. The van der Waals surface area contributed by atoms with E-state index < -0.39 is 0 Å². The van der Waals surface area contributed by atoms with Crippen molar-refractivity contribution in [3.63, 3.8) is 0 Å². The molecule has 0 aliphatic rings. The first kappa shape index (κ1) is 14.3. The van der Waals surface area contributed by atoms with Crippen LogP contribution in [0.25, 0.3) is 0 Å². The van der Waals surface area contributed by atoms with Crippen LogP contribution in [0.3, 0.4) is 0 Å². The van der Waals surface area contributed by atoms with Crippen LogP contribution >= 0.6 is 0 Å². The van der Waals surface area contributed by atoms with Crippen molar-refractivity contribution in [3.05, 3.63) is 65.7 Å². The van der Waals surface area contributed by atoms with E-state index in [1.54, 1.807) is 18.2 Å². The van der Waals surface area contributed by atoms with Crippen molar-refractivity contribution >= 4 is 5.78 Å². The molecule has 0 bridgehead atoms. The third kappa shape index (κ3) is 3.45. The maximum absolute atomic E-state index is 12.3. The minimum Gasteiger partial charge on any atom is -0.508 e.